The molecule has 33 heavy (non-hydrogen) atoms. The Kier molecular flexibility index (Phi) is 6.55. The van der Waals surface area contributed by atoms with E-state index in [-0.39, 0.29) is 23.4 Å². The van der Waals surface area contributed by atoms with E-state index in [0.717, 1.165) is 5.56 Å². The van der Waals surface area contributed by atoms with Crippen LogP contribution in [0.15, 0.2) is 77.7 Å². The Morgan fingerprint density at radius 3 is 2.39 bits per heavy atom. The maximum absolute atomic E-state index is 13.8. The zero-order chi connectivity index (χ0) is 23.4. The summed E-state index contributed by atoms with van der Waals surface area (Å²) in [6.45, 7) is 4.63. The Labute approximate surface area is 194 Å². The van der Waals surface area contributed by atoms with Gasteiger partial charge in [-0.2, -0.15) is 0 Å². The lowest BCUT2D eigenvalue weighted by molar-refractivity contribution is 0.0943. The lowest BCUT2D eigenvalue weighted by Gasteiger charge is -2.26. The van der Waals surface area contributed by atoms with E-state index in [2.05, 4.69) is 5.32 Å². The van der Waals surface area contributed by atoms with Crippen LogP contribution in [0.5, 0.6) is 11.5 Å². The molecule has 8 heteroatoms. The predicted octanol–water partition coefficient (Wildman–Crippen LogP) is 3.99. The average Bonchev–Trinajstić information content (AvgIpc) is 2.82. The van der Waals surface area contributed by atoms with Gasteiger partial charge in [-0.3, -0.25) is 9.10 Å². The minimum absolute atomic E-state index is 0.0389. The molecule has 0 aromatic heterocycles. The summed E-state index contributed by atoms with van der Waals surface area (Å²) in [5, 5.41) is 2.84. The molecule has 1 aliphatic rings. The van der Waals surface area contributed by atoms with Crippen LogP contribution in [0, 0.1) is 0 Å². The van der Waals surface area contributed by atoms with E-state index in [1.165, 1.54) is 16.4 Å². The molecule has 1 N–H and O–H groups in total. The number of benzene rings is 3. The SMILES string of the molecule is CC(C)NC(=O)c1cccc(N(Cc2ccccc2)S(=O)(=O)c2ccc3c(c2)OCCO3)c1. The molecule has 0 saturated heterocycles. The summed E-state index contributed by atoms with van der Waals surface area (Å²) < 4.78 is 40.0. The number of hydrogen-bond donors (Lipinski definition) is 1. The lowest BCUT2D eigenvalue weighted by atomic mass is 10.1. The van der Waals surface area contributed by atoms with Crippen LogP contribution in [0.2, 0.25) is 0 Å². The smallest absolute Gasteiger partial charge is 0.264 e. The molecule has 1 aliphatic heterocycles. The van der Waals surface area contributed by atoms with Gasteiger partial charge in [-0.05, 0) is 49.7 Å². The van der Waals surface area contributed by atoms with Gasteiger partial charge in [-0.25, -0.2) is 8.42 Å². The molecule has 4 rings (SSSR count). The third kappa shape index (κ3) is 5.12. The molecule has 0 spiro atoms. The predicted molar refractivity (Wildman–Crippen MR) is 126 cm³/mol. The summed E-state index contributed by atoms with van der Waals surface area (Å²) >= 11 is 0. The average molecular weight is 467 g/mol. The first-order chi connectivity index (χ1) is 15.8. The number of fused-ring (bicyclic) bond motifs is 1. The molecule has 0 saturated carbocycles. The first-order valence-corrected chi connectivity index (χ1v) is 12.2. The van der Waals surface area contributed by atoms with Gasteiger partial charge in [0.25, 0.3) is 15.9 Å². The van der Waals surface area contributed by atoms with Crippen LogP contribution in [0.4, 0.5) is 5.69 Å². The fourth-order valence-corrected chi connectivity index (χ4v) is 4.98. The van der Waals surface area contributed by atoms with Gasteiger partial charge in [-0.1, -0.05) is 36.4 Å². The summed E-state index contributed by atoms with van der Waals surface area (Å²) in [6, 6.07) is 20.5. The van der Waals surface area contributed by atoms with Gasteiger partial charge in [0, 0.05) is 17.7 Å². The third-order valence-corrected chi connectivity index (χ3v) is 6.86. The van der Waals surface area contributed by atoms with Crippen LogP contribution in [0.1, 0.15) is 29.8 Å². The largest absolute Gasteiger partial charge is 0.486 e. The molecule has 0 unspecified atom stereocenters. The van der Waals surface area contributed by atoms with Gasteiger partial charge in [0.05, 0.1) is 17.1 Å². The van der Waals surface area contributed by atoms with Crippen LogP contribution in [0.3, 0.4) is 0 Å². The molecule has 0 fully saturated rings. The van der Waals surface area contributed by atoms with E-state index >= 15 is 0 Å². The minimum atomic E-state index is -3.99. The van der Waals surface area contributed by atoms with Gasteiger partial charge < -0.3 is 14.8 Å². The zero-order valence-corrected chi connectivity index (χ0v) is 19.3. The second kappa shape index (κ2) is 9.54. The van der Waals surface area contributed by atoms with E-state index in [0.29, 0.717) is 36.0 Å². The highest BCUT2D eigenvalue weighted by Gasteiger charge is 2.28. The van der Waals surface area contributed by atoms with Gasteiger partial charge in [0.2, 0.25) is 0 Å². The number of carbonyl (C=O) groups is 1. The van der Waals surface area contributed by atoms with E-state index in [1.807, 2.05) is 44.2 Å². The molecule has 1 amide bonds. The highest BCUT2D eigenvalue weighted by Crippen LogP contribution is 2.35. The summed E-state index contributed by atoms with van der Waals surface area (Å²) in [7, 11) is -3.99. The van der Waals surface area contributed by atoms with Crippen LogP contribution in [-0.4, -0.2) is 33.6 Å². The number of nitrogens with one attached hydrogen (secondary N) is 1. The standard InChI is InChI=1S/C25H26N2O5S/c1-18(2)26-25(28)20-9-6-10-21(15-20)27(17-19-7-4-3-5-8-19)33(29,30)22-11-12-23-24(16-22)32-14-13-31-23/h3-12,15-16,18H,13-14,17H2,1-2H3,(H,26,28). The van der Waals surface area contributed by atoms with Crippen molar-refractivity contribution in [2.45, 2.75) is 31.3 Å². The third-order valence-electron chi connectivity index (χ3n) is 5.09. The van der Waals surface area contributed by atoms with Crippen molar-refractivity contribution in [3.8, 4) is 11.5 Å². The van der Waals surface area contributed by atoms with Crippen molar-refractivity contribution in [2.75, 3.05) is 17.5 Å². The number of nitrogens with zero attached hydrogens (tertiary/aromatic N) is 1. The lowest BCUT2D eigenvalue weighted by Crippen LogP contribution is -2.32. The topological polar surface area (TPSA) is 84.9 Å². The highest BCUT2D eigenvalue weighted by molar-refractivity contribution is 7.92. The molecule has 3 aromatic carbocycles. The summed E-state index contributed by atoms with van der Waals surface area (Å²) in [4.78, 5) is 12.6. The molecule has 0 radical (unpaired) electrons. The van der Waals surface area contributed by atoms with Crippen molar-refractivity contribution in [1.29, 1.82) is 0 Å². The van der Waals surface area contributed by atoms with Crippen LogP contribution in [0.25, 0.3) is 0 Å². The fraction of sp³-hybridized carbons (Fsp3) is 0.240. The van der Waals surface area contributed by atoms with E-state index in [9.17, 15) is 13.2 Å². The van der Waals surface area contributed by atoms with Crippen LogP contribution < -0.4 is 19.1 Å². The molecule has 3 aromatic rings. The molecule has 0 atom stereocenters. The van der Waals surface area contributed by atoms with Gasteiger partial charge >= 0.3 is 0 Å². The van der Waals surface area contributed by atoms with Gasteiger partial charge in [0.1, 0.15) is 13.2 Å². The van der Waals surface area contributed by atoms with Crippen molar-refractivity contribution in [2.24, 2.45) is 0 Å². The summed E-state index contributed by atoms with van der Waals surface area (Å²) in [5.41, 5.74) is 1.59. The first kappa shape index (κ1) is 22.7. The summed E-state index contributed by atoms with van der Waals surface area (Å²) in [6.07, 6.45) is 0. The Balaban J connectivity index is 1.76. The Morgan fingerprint density at radius 1 is 0.939 bits per heavy atom. The summed E-state index contributed by atoms with van der Waals surface area (Å²) in [5.74, 6) is 0.650. The minimum Gasteiger partial charge on any atom is -0.486 e. The first-order valence-electron chi connectivity index (χ1n) is 10.7. The second-order valence-electron chi connectivity index (χ2n) is 7.98. The molecule has 0 aliphatic carbocycles. The van der Waals surface area contributed by atoms with Crippen LogP contribution >= 0.6 is 0 Å². The molecule has 7 nitrogen and oxygen atoms in total. The number of ether oxygens (including phenoxy) is 2. The van der Waals surface area contributed by atoms with Crippen LogP contribution in [-0.2, 0) is 16.6 Å². The maximum Gasteiger partial charge on any atom is 0.264 e. The molecular weight excluding hydrogens is 440 g/mol. The number of sulfonamides is 1. The normalized spacial score (nSPS) is 12.9. The molecule has 1 heterocycles. The molecule has 172 valence electrons. The molecular formula is C25H26N2O5S. The highest BCUT2D eigenvalue weighted by atomic mass is 32.2. The van der Waals surface area contributed by atoms with E-state index in [4.69, 9.17) is 9.47 Å². The number of anilines is 1. The van der Waals surface area contributed by atoms with Gasteiger partial charge in [-0.15, -0.1) is 0 Å². The Hall–Kier alpha value is -3.52. The van der Waals surface area contributed by atoms with Crippen molar-refractivity contribution >= 4 is 21.6 Å². The van der Waals surface area contributed by atoms with Gasteiger partial charge in [0.15, 0.2) is 11.5 Å². The van der Waals surface area contributed by atoms with Crippen molar-refractivity contribution in [1.82, 2.24) is 5.32 Å². The Bertz CT molecular complexity index is 1240. The van der Waals surface area contributed by atoms with E-state index < -0.39 is 10.0 Å². The van der Waals surface area contributed by atoms with Crippen molar-refractivity contribution in [3.63, 3.8) is 0 Å². The Morgan fingerprint density at radius 2 is 1.67 bits per heavy atom. The van der Waals surface area contributed by atoms with E-state index in [1.54, 1.807) is 30.3 Å². The number of amides is 1. The number of rotatable bonds is 7. The van der Waals surface area contributed by atoms with Crippen molar-refractivity contribution < 1.29 is 22.7 Å². The second-order valence-corrected chi connectivity index (χ2v) is 9.84. The zero-order valence-electron chi connectivity index (χ0n) is 18.5. The maximum atomic E-state index is 13.8. The number of hydrogen-bond acceptors (Lipinski definition) is 5. The monoisotopic (exact) mass is 466 g/mol. The van der Waals surface area contributed by atoms with Crippen molar-refractivity contribution in [3.05, 3.63) is 83.9 Å². The molecule has 0 bridgehead atoms. The number of carbonyl (C=O) groups excluding carboxylic acids is 1. The fourth-order valence-electron chi connectivity index (χ4n) is 3.52. The quantitative estimate of drug-likeness (QED) is 0.569.